The predicted octanol–water partition coefficient (Wildman–Crippen LogP) is 2.27. The van der Waals surface area contributed by atoms with Crippen LogP contribution in [-0.4, -0.2) is 20.1 Å². The summed E-state index contributed by atoms with van der Waals surface area (Å²) in [7, 11) is 0. The summed E-state index contributed by atoms with van der Waals surface area (Å²) in [6.07, 6.45) is 9.18. The zero-order valence-corrected chi connectivity index (χ0v) is 10.9. The zero-order valence-electron chi connectivity index (χ0n) is 10.9. The molecule has 0 bridgehead atoms. The highest BCUT2D eigenvalue weighted by Crippen LogP contribution is 2.32. The molecular weight excluding hydrogens is 224 g/mol. The van der Waals surface area contributed by atoms with Gasteiger partial charge in [-0.05, 0) is 31.7 Å². The third kappa shape index (κ3) is 1.90. The van der Waals surface area contributed by atoms with E-state index >= 15 is 0 Å². The van der Waals surface area contributed by atoms with Gasteiger partial charge in [0.05, 0.1) is 11.7 Å². The minimum atomic E-state index is -0.0136. The second-order valence-corrected chi connectivity index (χ2v) is 5.44. The molecule has 0 aliphatic heterocycles. The summed E-state index contributed by atoms with van der Waals surface area (Å²) in [5.41, 5.74) is 8.51. The summed E-state index contributed by atoms with van der Waals surface area (Å²) < 4.78 is 2.31. The van der Waals surface area contributed by atoms with E-state index in [2.05, 4.69) is 16.5 Å². The van der Waals surface area contributed by atoms with Gasteiger partial charge in [0.25, 0.3) is 0 Å². The van der Waals surface area contributed by atoms with Crippen molar-refractivity contribution in [2.75, 3.05) is 0 Å². The van der Waals surface area contributed by atoms with Crippen molar-refractivity contribution < 1.29 is 0 Å². The van der Waals surface area contributed by atoms with E-state index in [1.807, 2.05) is 18.5 Å². The number of nitrogens with zero attached hydrogens (tertiary/aromatic N) is 3. The SMILES string of the molecule is CCCn1c(CC2(N)CCC2)nc2cnccc21. The largest absolute Gasteiger partial charge is 0.328 e. The van der Waals surface area contributed by atoms with E-state index in [0.29, 0.717) is 0 Å². The lowest BCUT2D eigenvalue weighted by atomic mass is 9.75. The molecule has 0 spiro atoms. The van der Waals surface area contributed by atoms with Gasteiger partial charge < -0.3 is 10.3 Å². The van der Waals surface area contributed by atoms with E-state index in [4.69, 9.17) is 10.7 Å². The maximum atomic E-state index is 6.35. The van der Waals surface area contributed by atoms with Crippen LogP contribution in [0.4, 0.5) is 0 Å². The molecule has 18 heavy (non-hydrogen) atoms. The van der Waals surface area contributed by atoms with E-state index in [9.17, 15) is 0 Å². The maximum Gasteiger partial charge on any atom is 0.111 e. The molecule has 1 aliphatic carbocycles. The van der Waals surface area contributed by atoms with Crippen LogP contribution in [0.5, 0.6) is 0 Å². The van der Waals surface area contributed by atoms with Gasteiger partial charge >= 0.3 is 0 Å². The van der Waals surface area contributed by atoms with Crippen molar-refractivity contribution >= 4 is 11.0 Å². The van der Waals surface area contributed by atoms with Gasteiger partial charge in [-0.2, -0.15) is 0 Å². The normalized spacial score (nSPS) is 17.9. The van der Waals surface area contributed by atoms with Crippen molar-refractivity contribution in [1.82, 2.24) is 14.5 Å². The number of nitrogens with two attached hydrogens (primary N) is 1. The maximum absolute atomic E-state index is 6.35. The van der Waals surface area contributed by atoms with E-state index < -0.39 is 0 Å². The molecular formula is C14H20N4. The minimum Gasteiger partial charge on any atom is -0.328 e. The van der Waals surface area contributed by atoms with Crippen molar-refractivity contribution in [2.24, 2.45) is 5.73 Å². The number of pyridine rings is 1. The molecule has 2 N–H and O–H groups in total. The van der Waals surface area contributed by atoms with Crippen molar-refractivity contribution in [3.63, 3.8) is 0 Å². The Labute approximate surface area is 107 Å². The smallest absolute Gasteiger partial charge is 0.111 e. The van der Waals surface area contributed by atoms with Gasteiger partial charge in [0, 0.05) is 24.7 Å². The number of fused-ring (bicyclic) bond motifs is 1. The zero-order chi connectivity index (χ0) is 12.6. The van der Waals surface area contributed by atoms with Gasteiger partial charge in [-0.1, -0.05) is 6.92 Å². The van der Waals surface area contributed by atoms with Crippen molar-refractivity contribution in [3.05, 3.63) is 24.3 Å². The van der Waals surface area contributed by atoms with Gasteiger partial charge in [0.15, 0.2) is 0 Å². The number of hydrogen-bond acceptors (Lipinski definition) is 3. The molecule has 2 heterocycles. The third-order valence-electron chi connectivity index (χ3n) is 3.94. The summed E-state index contributed by atoms with van der Waals surface area (Å²) in [5, 5.41) is 0. The average Bonchev–Trinajstić information content (AvgIpc) is 2.66. The lowest BCUT2D eigenvalue weighted by Gasteiger charge is -2.37. The van der Waals surface area contributed by atoms with Gasteiger partial charge in [0.1, 0.15) is 11.3 Å². The van der Waals surface area contributed by atoms with E-state index in [1.165, 1.54) is 11.9 Å². The number of aromatic nitrogens is 3. The summed E-state index contributed by atoms with van der Waals surface area (Å²) in [6.45, 7) is 3.20. The van der Waals surface area contributed by atoms with E-state index in [0.717, 1.165) is 43.6 Å². The minimum absolute atomic E-state index is 0.0136. The highest BCUT2D eigenvalue weighted by Gasteiger charge is 2.34. The molecule has 3 rings (SSSR count). The standard InChI is InChI=1S/C14H20N4/c1-2-8-18-12-4-7-16-10-11(12)17-13(18)9-14(15)5-3-6-14/h4,7,10H,2-3,5-6,8-9,15H2,1H3. The molecule has 96 valence electrons. The van der Waals surface area contributed by atoms with Crippen LogP contribution in [0.15, 0.2) is 18.5 Å². The topological polar surface area (TPSA) is 56.7 Å². The molecule has 0 atom stereocenters. The number of imidazole rings is 1. The molecule has 1 aliphatic rings. The Kier molecular flexibility index (Phi) is 2.82. The molecule has 0 unspecified atom stereocenters. The van der Waals surface area contributed by atoms with Crippen LogP contribution < -0.4 is 5.73 Å². The predicted molar refractivity (Wildman–Crippen MR) is 72.3 cm³/mol. The Bertz CT molecular complexity index is 554. The fraction of sp³-hybridized carbons (Fsp3) is 0.571. The Morgan fingerprint density at radius 2 is 2.28 bits per heavy atom. The lowest BCUT2D eigenvalue weighted by Crippen LogP contribution is -2.48. The summed E-state index contributed by atoms with van der Waals surface area (Å²) in [6, 6.07) is 2.05. The van der Waals surface area contributed by atoms with Gasteiger partial charge in [0.2, 0.25) is 0 Å². The van der Waals surface area contributed by atoms with Crippen LogP contribution in [0.2, 0.25) is 0 Å². The monoisotopic (exact) mass is 244 g/mol. The lowest BCUT2D eigenvalue weighted by molar-refractivity contribution is 0.241. The molecule has 0 aromatic carbocycles. The van der Waals surface area contributed by atoms with Crippen molar-refractivity contribution in [3.8, 4) is 0 Å². The van der Waals surface area contributed by atoms with Crippen LogP contribution in [0.3, 0.4) is 0 Å². The molecule has 2 aromatic heterocycles. The third-order valence-corrected chi connectivity index (χ3v) is 3.94. The average molecular weight is 244 g/mol. The highest BCUT2D eigenvalue weighted by molar-refractivity contribution is 5.74. The number of rotatable bonds is 4. The molecule has 0 amide bonds. The second kappa shape index (κ2) is 4.35. The molecule has 1 fully saturated rings. The molecule has 0 radical (unpaired) electrons. The fourth-order valence-electron chi connectivity index (χ4n) is 2.76. The van der Waals surface area contributed by atoms with Crippen LogP contribution in [0.25, 0.3) is 11.0 Å². The summed E-state index contributed by atoms with van der Waals surface area (Å²) in [5.74, 6) is 1.13. The number of aryl methyl sites for hydroxylation is 1. The fourth-order valence-corrected chi connectivity index (χ4v) is 2.76. The summed E-state index contributed by atoms with van der Waals surface area (Å²) in [4.78, 5) is 8.87. The molecule has 1 saturated carbocycles. The number of hydrogen-bond donors (Lipinski definition) is 1. The first-order chi connectivity index (χ1) is 8.72. The van der Waals surface area contributed by atoms with Crippen molar-refractivity contribution in [1.29, 1.82) is 0 Å². The van der Waals surface area contributed by atoms with Crippen LogP contribution in [-0.2, 0) is 13.0 Å². The Morgan fingerprint density at radius 3 is 2.94 bits per heavy atom. The first kappa shape index (κ1) is 11.7. The molecule has 0 saturated heterocycles. The Morgan fingerprint density at radius 1 is 1.44 bits per heavy atom. The highest BCUT2D eigenvalue weighted by atomic mass is 15.1. The van der Waals surface area contributed by atoms with Crippen LogP contribution in [0.1, 0.15) is 38.4 Å². The second-order valence-electron chi connectivity index (χ2n) is 5.44. The first-order valence-corrected chi connectivity index (χ1v) is 6.80. The van der Waals surface area contributed by atoms with Crippen LogP contribution in [0, 0.1) is 0 Å². The first-order valence-electron chi connectivity index (χ1n) is 6.80. The van der Waals surface area contributed by atoms with Gasteiger partial charge in [-0.3, -0.25) is 4.98 Å². The Hall–Kier alpha value is -1.42. The van der Waals surface area contributed by atoms with Crippen molar-refractivity contribution in [2.45, 2.75) is 51.1 Å². The van der Waals surface area contributed by atoms with Crippen LogP contribution >= 0.6 is 0 Å². The summed E-state index contributed by atoms with van der Waals surface area (Å²) >= 11 is 0. The Balaban J connectivity index is 2.01. The quantitative estimate of drug-likeness (QED) is 0.897. The van der Waals surface area contributed by atoms with Gasteiger partial charge in [-0.25, -0.2) is 4.98 Å². The molecule has 4 nitrogen and oxygen atoms in total. The van der Waals surface area contributed by atoms with E-state index in [1.54, 1.807) is 0 Å². The molecule has 4 heteroatoms. The van der Waals surface area contributed by atoms with E-state index in [-0.39, 0.29) is 5.54 Å². The molecule has 2 aromatic rings. The van der Waals surface area contributed by atoms with Gasteiger partial charge in [-0.15, -0.1) is 0 Å².